The third-order valence-electron chi connectivity index (χ3n) is 9.82. The molecule has 0 unspecified atom stereocenters. The van der Waals surface area contributed by atoms with Gasteiger partial charge in [-0.2, -0.15) is 0 Å². The van der Waals surface area contributed by atoms with Crippen molar-refractivity contribution in [1.82, 2.24) is 0 Å². The highest BCUT2D eigenvalue weighted by molar-refractivity contribution is 5.86. The topological polar surface area (TPSA) is 46.5 Å². The summed E-state index contributed by atoms with van der Waals surface area (Å²) in [5.74, 6) is 2.71. The van der Waals surface area contributed by atoms with Crippen molar-refractivity contribution >= 4 is 12.0 Å². The van der Waals surface area contributed by atoms with Crippen molar-refractivity contribution in [1.29, 1.82) is 0 Å². The van der Waals surface area contributed by atoms with Crippen LogP contribution >= 0.6 is 0 Å². The summed E-state index contributed by atoms with van der Waals surface area (Å²) in [7, 11) is 0. The van der Waals surface area contributed by atoms with E-state index in [2.05, 4.69) is 75.4 Å². The summed E-state index contributed by atoms with van der Waals surface area (Å²) in [5.41, 5.74) is 10.0. The zero-order chi connectivity index (χ0) is 27.1. The van der Waals surface area contributed by atoms with E-state index < -0.39 is 5.97 Å². The molecule has 0 saturated heterocycles. The molecule has 3 nitrogen and oxygen atoms in total. The van der Waals surface area contributed by atoms with Crippen LogP contribution in [0.1, 0.15) is 78.8 Å². The molecule has 4 fully saturated rings. The first-order valence-corrected chi connectivity index (χ1v) is 14.7. The predicted octanol–water partition coefficient (Wildman–Crippen LogP) is 8.68. The fourth-order valence-corrected chi connectivity index (χ4v) is 8.68. The van der Waals surface area contributed by atoms with Gasteiger partial charge in [0.25, 0.3) is 0 Å². The maximum Gasteiger partial charge on any atom is 0.328 e. The molecule has 0 aromatic heterocycles. The summed E-state index contributed by atoms with van der Waals surface area (Å²) in [5, 5.41) is 9.20. The van der Waals surface area contributed by atoms with Crippen LogP contribution in [0.25, 0.3) is 17.2 Å². The molecule has 4 aliphatic rings. The Labute approximate surface area is 232 Å². The van der Waals surface area contributed by atoms with Crippen LogP contribution in [0.5, 0.6) is 5.75 Å². The van der Waals surface area contributed by atoms with Gasteiger partial charge in [-0.15, -0.1) is 0 Å². The van der Waals surface area contributed by atoms with Crippen LogP contribution in [0.3, 0.4) is 0 Å². The zero-order valence-electron chi connectivity index (χ0n) is 23.5. The summed E-state index contributed by atoms with van der Waals surface area (Å²) in [6, 6.07) is 19.6. The lowest BCUT2D eigenvalue weighted by Crippen LogP contribution is -2.48. The lowest BCUT2D eigenvalue weighted by Gasteiger charge is -2.57. The molecule has 3 aromatic rings. The minimum Gasteiger partial charge on any atom is -0.489 e. The molecular weight excluding hydrogens is 480 g/mol. The van der Waals surface area contributed by atoms with Crippen LogP contribution in [0.4, 0.5) is 0 Å². The van der Waals surface area contributed by atoms with E-state index in [0.717, 1.165) is 35.5 Å². The Bertz CT molecular complexity index is 1380. The second-order valence-corrected chi connectivity index (χ2v) is 12.5. The van der Waals surface area contributed by atoms with Gasteiger partial charge in [0.05, 0.1) is 0 Å². The summed E-state index contributed by atoms with van der Waals surface area (Å²) < 4.78 is 6.62. The Kier molecular flexibility index (Phi) is 6.87. The Balaban J connectivity index is 1.45. The van der Waals surface area contributed by atoms with Gasteiger partial charge in [0.1, 0.15) is 12.4 Å². The summed E-state index contributed by atoms with van der Waals surface area (Å²) in [6.07, 6.45) is 12.0. The lowest BCUT2D eigenvalue weighted by atomic mass is 9.48. The number of aryl methyl sites for hydroxylation is 1. The number of hydrogen-bond donors (Lipinski definition) is 1. The molecule has 0 amide bonds. The van der Waals surface area contributed by atoms with Crippen LogP contribution < -0.4 is 4.74 Å². The van der Waals surface area contributed by atoms with Gasteiger partial charge in [-0.05, 0) is 139 Å². The maximum absolute atomic E-state index is 11.2. The minimum absolute atomic E-state index is 0.219. The molecule has 4 saturated carbocycles. The molecule has 0 aliphatic heterocycles. The molecule has 4 aliphatic carbocycles. The number of carboxylic acid groups (broad SMARTS) is 1. The molecule has 1 N–H and O–H groups in total. The highest BCUT2D eigenvalue weighted by Gasteiger charge is 2.52. The number of carbonyl (C=O) groups is 1. The number of ether oxygens (including phenoxy) is 1. The summed E-state index contributed by atoms with van der Waals surface area (Å²) in [6.45, 7) is 7.09. The number of hydrogen-bond acceptors (Lipinski definition) is 2. The second kappa shape index (κ2) is 10.3. The highest BCUT2D eigenvalue weighted by atomic mass is 16.5. The van der Waals surface area contributed by atoms with E-state index in [1.807, 2.05) is 0 Å². The van der Waals surface area contributed by atoms with Gasteiger partial charge in [-0.1, -0.05) is 49.4 Å². The van der Waals surface area contributed by atoms with E-state index in [1.54, 1.807) is 6.08 Å². The van der Waals surface area contributed by atoms with E-state index in [0.29, 0.717) is 6.61 Å². The van der Waals surface area contributed by atoms with Crippen molar-refractivity contribution < 1.29 is 14.6 Å². The SMILES string of the molecule is CCc1c(C=CC(=O)O)cc(C)c(-c2ccc(OCc3ccccc3)c(C34CC5CC(CC(C5)C3)C4)c2)c1C. The summed E-state index contributed by atoms with van der Waals surface area (Å²) in [4.78, 5) is 11.2. The van der Waals surface area contributed by atoms with Crippen LogP contribution in [0.2, 0.25) is 0 Å². The van der Waals surface area contributed by atoms with E-state index in [4.69, 9.17) is 4.74 Å². The molecule has 7 rings (SSSR count). The standard InChI is InChI=1S/C36H40O3/c1-4-31-24(3)35(23(2)14-29(31)11-13-34(37)38)30-10-12-33(39-22-25-8-6-5-7-9-25)32(18-30)36-19-26-15-27(20-36)17-28(16-26)21-36/h5-14,18,26-28H,4,15-17,19-22H2,1-3H3,(H,37,38). The van der Waals surface area contributed by atoms with Gasteiger partial charge in [0.15, 0.2) is 0 Å². The largest absolute Gasteiger partial charge is 0.489 e. The second-order valence-electron chi connectivity index (χ2n) is 12.5. The van der Waals surface area contributed by atoms with E-state index in [1.165, 1.54) is 83.5 Å². The van der Waals surface area contributed by atoms with Crippen molar-refractivity contribution in [3.05, 3.63) is 94.1 Å². The fraction of sp³-hybridized carbons (Fsp3) is 0.417. The predicted molar refractivity (Wildman–Crippen MR) is 158 cm³/mol. The first-order chi connectivity index (χ1) is 18.8. The molecule has 39 heavy (non-hydrogen) atoms. The van der Waals surface area contributed by atoms with Crippen molar-refractivity contribution in [3.8, 4) is 16.9 Å². The molecule has 3 heteroatoms. The molecule has 0 atom stereocenters. The Morgan fingerprint density at radius 2 is 1.64 bits per heavy atom. The first-order valence-electron chi connectivity index (χ1n) is 14.7. The van der Waals surface area contributed by atoms with Crippen molar-refractivity contribution in [2.45, 2.75) is 77.7 Å². The third-order valence-corrected chi connectivity index (χ3v) is 9.82. The molecule has 3 aromatic carbocycles. The van der Waals surface area contributed by atoms with Gasteiger partial charge in [0, 0.05) is 11.6 Å². The van der Waals surface area contributed by atoms with Crippen LogP contribution in [0, 0.1) is 31.6 Å². The maximum atomic E-state index is 11.2. The summed E-state index contributed by atoms with van der Waals surface area (Å²) >= 11 is 0. The van der Waals surface area contributed by atoms with Gasteiger partial charge in [-0.3, -0.25) is 0 Å². The molecule has 0 radical (unpaired) electrons. The van der Waals surface area contributed by atoms with Gasteiger partial charge in [-0.25, -0.2) is 4.79 Å². The van der Waals surface area contributed by atoms with Crippen LogP contribution in [0.15, 0.2) is 60.7 Å². The van der Waals surface area contributed by atoms with E-state index >= 15 is 0 Å². The fourth-order valence-electron chi connectivity index (χ4n) is 8.68. The van der Waals surface area contributed by atoms with E-state index in [-0.39, 0.29) is 5.41 Å². The van der Waals surface area contributed by atoms with Crippen molar-refractivity contribution in [3.63, 3.8) is 0 Å². The molecular formula is C36H40O3. The van der Waals surface area contributed by atoms with Crippen LogP contribution in [-0.4, -0.2) is 11.1 Å². The van der Waals surface area contributed by atoms with Gasteiger partial charge >= 0.3 is 5.97 Å². The van der Waals surface area contributed by atoms with Crippen molar-refractivity contribution in [2.24, 2.45) is 17.8 Å². The average molecular weight is 521 g/mol. The number of carboxylic acids is 1. The Morgan fingerprint density at radius 1 is 0.974 bits per heavy atom. The number of benzene rings is 3. The number of rotatable bonds is 8. The normalized spacial score (nSPS) is 25.4. The zero-order valence-corrected chi connectivity index (χ0v) is 23.5. The quantitative estimate of drug-likeness (QED) is 0.302. The van der Waals surface area contributed by atoms with E-state index in [9.17, 15) is 9.90 Å². The molecule has 4 bridgehead atoms. The average Bonchev–Trinajstić information content (AvgIpc) is 2.91. The Morgan fingerprint density at radius 3 is 2.26 bits per heavy atom. The van der Waals surface area contributed by atoms with Gasteiger partial charge in [0.2, 0.25) is 0 Å². The smallest absolute Gasteiger partial charge is 0.328 e. The highest BCUT2D eigenvalue weighted by Crippen LogP contribution is 2.62. The Hall–Kier alpha value is -3.33. The molecule has 0 spiro atoms. The third kappa shape index (κ3) is 4.93. The van der Waals surface area contributed by atoms with Crippen molar-refractivity contribution in [2.75, 3.05) is 0 Å². The monoisotopic (exact) mass is 520 g/mol. The van der Waals surface area contributed by atoms with Gasteiger partial charge < -0.3 is 9.84 Å². The lowest BCUT2D eigenvalue weighted by molar-refractivity contribution is -0.131. The van der Waals surface area contributed by atoms with Crippen LogP contribution in [-0.2, 0) is 23.2 Å². The number of aliphatic carboxylic acids is 1. The molecule has 0 heterocycles. The molecule has 202 valence electrons. The first kappa shape index (κ1) is 25.9. The minimum atomic E-state index is -0.914.